The molecule has 1 aromatic rings. The maximum Gasteiger partial charge on any atom is 0.250 e. The van der Waals surface area contributed by atoms with Crippen LogP contribution in [0.5, 0.6) is 0 Å². The maximum atomic E-state index is 11.4. The van der Waals surface area contributed by atoms with Crippen LogP contribution in [0.1, 0.15) is 24.2 Å². The summed E-state index contributed by atoms with van der Waals surface area (Å²) in [6, 6.07) is 5.09. The summed E-state index contributed by atoms with van der Waals surface area (Å²) in [5.74, 6) is -0.121. The summed E-state index contributed by atoms with van der Waals surface area (Å²) in [5.41, 5.74) is 12.7. The van der Waals surface area contributed by atoms with Crippen LogP contribution in [0, 0.1) is 5.92 Å². The molecule has 18 heavy (non-hydrogen) atoms. The van der Waals surface area contributed by atoms with Crippen molar-refractivity contribution in [3.63, 3.8) is 0 Å². The lowest BCUT2D eigenvalue weighted by Crippen LogP contribution is -2.31. The van der Waals surface area contributed by atoms with Crippen LogP contribution in [0.3, 0.4) is 0 Å². The molecule has 100 valence electrons. The van der Waals surface area contributed by atoms with Gasteiger partial charge in [0.25, 0.3) is 5.91 Å². The molecule has 0 spiro atoms. The number of benzene rings is 1. The first-order chi connectivity index (χ1) is 8.45. The second kappa shape index (κ2) is 6.26. The van der Waals surface area contributed by atoms with E-state index in [9.17, 15) is 4.79 Å². The van der Waals surface area contributed by atoms with Crippen LogP contribution in [0.4, 0.5) is 11.4 Å². The van der Waals surface area contributed by atoms with E-state index in [2.05, 4.69) is 19.2 Å². The van der Waals surface area contributed by atoms with Crippen LogP contribution in [0.25, 0.3) is 0 Å². The number of methoxy groups -OCH3 is 1. The molecule has 0 radical (unpaired) electrons. The van der Waals surface area contributed by atoms with Crippen LogP contribution in [0.2, 0.25) is 0 Å². The van der Waals surface area contributed by atoms with Gasteiger partial charge in [-0.1, -0.05) is 13.8 Å². The molecule has 1 atom stereocenters. The summed E-state index contributed by atoms with van der Waals surface area (Å²) >= 11 is 0. The van der Waals surface area contributed by atoms with Crippen molar-refractivity contribution in [2.45, 2.75) is 19.9 Å². The van der Waals surface area contributed by atoms with Gasteiger partial charge in [-0.2, -0.15) is 0 Å². The summed E-state index contributed by atoms with van der Waals surface area (Å²) in [5, 5.41) is 3.26. The number of nitrogen functional groups attached to an aromatic ring is 1. The molecule has 1 unspecified atom stereocenters. The fourth-order valence-electron chi connectivity index (χ4n) is 1.68. The highest BCUT2D eigenvalue weighted by Crippen LogP contribution is 2.21. The van der Waals surface area contributed by atoms with Crippen molar-refractivity contribution in [3.05, 3.63) is 23.8 Å². The predicted octanol–water partition coefficient (Wildman–Crippen LogP) is 1.45. The summed E-state index contributed by atoms with van der Waals surface area (Å²) < 4.78 is 5.16. The van der Waals surface area contributed by atoms with Gasteiger partial charge in [0.05, 0.1) is 18.2 Å². The SMILES string of the molecule is COCC(Nc1cc(N)ccc1C(N)=O)C(C)C. The van der Waals surface area contributed by atoms with Crippen molar-refractivity contribution in [3.8, 4) is 0 Å². The monoisotopic (exact) mass is 251 g/mol. The van der Waals surface area contributed by atoms with Gasteiger partial charge in [-0.3, -0.25) is 4.79 Å². The minimum Gasteiger partial charge on any atom is -0.399 e. The van der Waals surface area contributed by atoms with Gasteiger partial charge in [-0.25, -0.2) is 0 Å². The zero-order valence-corrected chi connectivity index (χ0v) is 11.1. The molecule has 5 N–H and O–H groups in total. The highest BCUT2D eigenvalue weighted by atomic mass is 16.5. The summed E-state index contributed by atoms with van der Waals surface area (Å²) in [4.78, 5) is 11.4. The van der Waals surface area contributed by atoms with Crippen molar-refractivity contribution in [1.82, 2.24) is 0 Å². The van der Waals surface area contributed by atoms with E-state index in [1.165, 1.54) is 0 Å². The molecule has 0 fully saturated rings. The van der Waals surface area contributed by atoms with E-state index in [1.54, 1.807) is 25.3 Å². The van der Waals surface area contributed by atoms with Crippen molar-refractivity contribution in [1.29, 1.82) is 0 Å². The highest BCUT2D eigenvalue weighted by Gasteiger charge is 2.16. The quantitative estimate of drug-likeness (QED) is 0.667. The Hall–Kier alpha value is -1.75. The number of rotatable bonds is 6. The van der Waals surface area contributed by atoms with E-state index < -0.39 is 5.91 Å². The molecule has 0 aliphatic carbocycles. The number of carbonyl (C=O) groups excluding carboxylic acids is 1. The molecule has 0 aromatic heterocycles. The Morgan fingerprint density at radius 1 is 1.44 bits per heavy atom. The fourth-order valence-corrected chi connectivity index (χ4v) is 1.68. The van der Waals surface area contributed by atoms with Crippen LogP contribution < -0.4 is 16.8 Å². The number of hydrogen-bond donors (Lipinski definition) is 3. The fraction of sp³-hybridized carbons (Fsp3) is 0.462. The number of ether oxygens (including phenoxy) is 1. The van der Waals surface area contributed by atoms with Crippen molar-refractivity contribution in [2.75, 3.05) is 24.8 Å². The van der Waals surface area contributed by atoms with E-state index in [4.69, 9.17) is 16.2 Å². The Bertz CT molecular complexity index is 419. The maximum absolute atomic E-state index is 11.4. The molecule has 5 nitrogen and oxygen atoms in total. The van der Waals surface area contributed by atoms with Crippen LogP contribution in [-0.2, 0) is 4.74 Å². The van der Waals surface area contributed by atoms with Gasteiger partial charge in [0, 0.05) is 18.5 Å². The molecule has 0 bridgehead atoms. The number of nitrogens with two attached hydrogens (primary N) is 2. The normalized spacial score (nSPS) is 12.4. The van der Waals surface area contributed by atoms with E-state index in [0.717, 1.165) is 0 Å². The first kappa shape index (κ1) is 14.3. The van der Waals surface area contributed by atoms with Gasteiger partial charge in [-0.15, -0.1) is 0 Å². The zero-order valence-electron chi connectivity index (χ0n) is 11.1. The Kier molecular flexibility index (Phi) is 4.97. The lowest BCUT2D eigenvalue weighted by atomic mass is 10.0. The Labute approximate surface area is 107 Å². The lowest BCUT2D eigenvalue weighted by molar-refractivity contribution is 0.100. The standard InChI is InChI=1S/C13H21N3O2/c1-8(2)12(7-18-3)16-11-6-9(14)4-5-10(11)13(15)17/h4-6,8,12,16H,7,14H2,1-3H3,(H2,15,17). The van der Waals surface area contributed by atoms with Crippen molar-refractivity contribution < 1.29 is 9.53 Å². The van der Waals surface area contributed by atoms with Crippen molar-refractivity contribution in [2.24, 2.45) is 11.7 Å². The second-order valence-electron chi connectivity index (χ2n) is 4.62. The summed E-state index contributed by atoms with van der Waals surface area (Å²) in [7, 11) is 1.64. The third-order valence-electron chi connectivity index (χ3n) is 2.80. The van der Waals surface area contributed by atoms with Crippen LogP contribution in [-0.4, -0.2) is 25.7 Å². The number of primary amides is 1. The zero-order chi connectivity index (χ0) is 13.7. The summed E-state index contributed by atoms with van der Waals surface area (Å²) in [6.07, 6.45) is 0. The third kappa shape index (κ3) is 3.63. The smallest absolute Gasteiger partial charge is 0.250 e. The molecular formula is C13H21N3O2. The number of hydrogen-bond acceptors (Lipinski definition) is 4. The number of anilines is 2. The first-order valence-corrected chi connectivity index (χ1v) is 5.90. The highest BCUT2D eigenvalue weighted by molar-refractivity contribution is 5.99. The average Bonchev–Trinajstić information content (AvgIpc) is 2.28. The van der Waals surface area contributed by atoms with E-state index in [1.807, 2.05) is 0 Å². The third-order valence-corrected chi connectivity index (χ3v) is 2.80. The van der Waals surface area contributed by atoms with Crippen LogP contribution in [0.15, 0.2) is 18.2 Å². The number of amides is 1. The second-order valence-corrected chi connectivity index (χ2v) is 4.62. The van der Waals surface area contributed by atoms with Gasteiger partial charge >= 0.3 is 0 Å². The molecule has 0 saturated carbocycles. The number of carbonyl (C=O) groups is 1. The van der Waals surface area contributed by atoms with E-state index >= 15 is 0 Å². The van der Waals surface area contributed by atoms with Crippen molar-refractivity contribution >= 4 is 17.3 Å². The molecule has 1 rings (SSSR count). The molecule has 0 heterocycles. The summed E-state index contributed by atoms with van der Waals surface area (Å²) in [6.45, 7) is 4.70. The van der Waals surface area contributed by atoms with Gasteiger partial charge in [0.2, 0.25) is 0 Å². The minimum absolute atomic E-state index is 0.0925. The minimum atomic E-state index is -0.475. The topological polar surface area (TPSA) is 90.4 Å². The molecule has 0 aliphatic rings. The Morgan fingerprint density at radius 3 is 2.61 bits per heavy atom. The molecular weight excluding hydrogens is 230 g/mol. The van der Waals surface area contributed by atoms with Gasteiger partial charge < -0.3 is 21.5 Å². The molecule has 1 aromatic carbocycles. The molecule has 1 amide bonds. The largest absolute Gasteiger partial charge is 0.399 e. The molecule has 0 aliphatic heterocycles. The molecule has 5 heteroatoms. The molecule has 0 saturated heterocycles. The van der Waals surface area contributed by atoms with Gasteiger partial charge in [0.1, 0.15) is 0 Å². The van der Waals surface area contributed by atoms with Crippen LogP contribution >= 0.6 is 0 Å². The average molecular weight is 251 g/mol. The van der Waals surface area contributed by atoms with E-state index in [0.29, 0.717) is 29.5 Å². The van der Waals surface area contributed by atoms with Gasteiger partial charge in [0.15, 0.2) is 0 Å². The Morgan fingerprint density at radius 2 is 2.11 bits per heavy atom. The lowest BCUT2D eigenvalue weighted by Gasteiger charge is -2.24. The van der Waals surface area contributed by atoms with Gasteiger partial charge in [-0.05, 0) is 24.1 Å². The predicted molar refractivity (Wildman–Crippen MR) is 73.5 cm³/mol. The first-order valence-electron chi connectivity index (χ1n) is 5.90. The van der Waals surface area contributed by atoms with E-state index in [-0.39, 0.29) is 6.04 Å². The number of nitrogens with one attached hydrogen (secondary N) is 1. The Balaban J connectivity index is 3.00.